The van der Waals surface area contributed by atoms with Crippen molar-refractivity contribution in [3.05, 3.63) is 89.5 Å². The Kier molecular flexibility index (Phi) is 3.86. The highest BCUT2D eigenvalue weighted by Gasteiger charge is 2.21. The highest BCUT2D eigenvalue weighted by Crippen LogP contribution is 2.42. The van der Waals surface area contributed by atoms with Gasteiger partial charge < -0.3 is 0 Å². The minimum absolute atomic E-state index is 0.648. The molecule has 1 aliphatic carbocycles. The predicted octanol–water partition coefficient (Wildman–Crippen LogP) is 7.65. The molecule has 0 bridgehead atoms. The van der Waals surface area contributed by atoms with Crippen LogP contribution in [0.2, 0.25) is 0 Å². The summed E-state index contributed by atoms with van der Waals surface area (Å²) >= 11 is 0. The first-order valence-electron chi connectivity index (χ1n) is 9.99. The first kappa shape index (κ1) is 16.3. The summed E-state index contributed by atoms with van der Waals surface area (Å²) in [7, 11) is 0. The van der Waals surface area contributed by atoms with E-state index in [1.165, 1.54) is 50.2 Å². The summed E-state index contributed by atoms with van der Waals surface area (Å²) in [6.07, 6.45) is 4.77. The molecule has 132 valence electrons. The van der Waals surface area contributed by atoms with E-state index in [1.807, 2.05) is 0 Å². The van der Waals surface area contributed by atoms with Crippen molar-refractivity contribution in [1.29, 1.82) is 0 Å². The second-order valence-corrected chi connectivity index (χ2v) is 7.78. The summed E-state index contributed by atoms with van der Waals surface area (Å²) in [6.45, 7) is 4.64. The smallest absolute Gasteiger partial charge is 0.00207 e. The van der Waals surface area contributed by atoms with E-state index in [0.717, 1.165) is 6.42 Å². The van der Waals surface area contributed by atoms with Crippen molar-refractivity contribution in [2.75, 3.05) is 0 Å². The lowest BCUT2D eigenvalue weighted by molar-refractivity contribution is 0.647. The molecule has 0 saturated carbocycles. The number of rotatable bonds is 3. The molecule has 5 rings (SSSR count). The number of hydrogen-bond donors (Lipinski definition) is 0. The van der Waals surface area contributed by atoms with E-state index >= 15 is 0 Å². The van der Waals surface area contributed by atoms with Gasteiger partial charge in [0, 0.05) is 0 Å². The van der Waals surface area contributed by atoms with Crippen LogP contribution in [0, 0.1) is 5.92 Å². The topological polar surface area (TPSA) is 0 Å². The van der Waals surface area contributed by atoms with Gasteiger partial charge in [0.1, 0.15) is 0 Å². The normalized spacial score (nSPS) is 14.4. The average Bonchev–Trinajstić information content (AvgIpc) is 3.16. The number of fused-ring (bicyclic) bond motifs is 3. The second-order valence-electron chi connectivity index (χ2n) is 7.78. The zero-order chi connectivity index (χ0) is 18.4. The van der Waals surface area contributed by atoms with Crippen molar-refractivity contribution in [3.63, 3.8) is 0 Å². The Hall–Kier alpha value is -2.86. The van der Waals surface area contributed by atoms with Crippen LogP contribution in [0.3, 0.4) is 0 Å². The molecule has 0 aliphatic heterocycles. The van der Waals surface area contributed by atoms with Gasteiger partial charge in [0.15, 0.2) is 0 Å². The summed E-state index contributed by atoms with van der Waals surface area (Å²) in [5.74, 6) is 0.648. The van der Waals surface area contributed by atoms with Gasteiger partial charge in [-0.15, -0.1) is 0 Å². The monoisotopic (exact) mass is 348 g/mol. The van der Waals surface area contributed by atoms with Crippen molar-refractivity contribution >= 4 is 27.6 Å². The molecule has 0 radical (unpaired) electrons. The zero-order valence-corrected chi connectivity index (χ0v) is 16.0. The molecule has 0 N–H and O–H groups in total. The summed E-state index contributed by atoms with van der Waals surface area (Å²) in [4.78, 5) is 0. The maximum absolute atomic E-state index is 2.47. The molecular weight excluding hydrogens is 324 g/mol. The fraction of sp³-hybridized carbons (Fsp3) is 0.185. The summed E-state index contributed by atoms with van der Waals surface area (Å²) in [5, 5.41) is 5.31. The first-order valence-corrected chi connectivity index (χ1v) is 9.99. The van der Waals surface area contributed by atoms with Gasteiger partial charge in [-0.25, -0.2) is 0 Å². The van der Waals surface area contributed by atoms with Gasteiger partial charge in [-0.3, -0.25) is 0 Å². The van der Waals surface area contributed by atoms with Crippen molar-refractivity contribution in [1.82, 2.24) is 0 Å². The number of benzene rings is 4. The fourth-order valence-electron chi connectivity index (χ4n) is 4.49. The van der Waals surface area contributed by atoms with E-state index in [2.05, 4.69) is 92.7 Å². The number of hydrogen-bond acceptors (Lipinski definition) is 0. The van der Waals surface area contributed by atoms with Gasteiger partial charge in [-0.2, -0.15) is 0 Å². The quantitative estimate of drug-likeness (QED) is 0.334. The molecule has 0 heteroatoms. The second kappa shape index (κ2) is 6.39. The van der Waals surface area contributed by atoms with Crippen LogP contribution in [-0.2, 0) is 6.42 Å². The van der Waals surface area contributed by atoms with E-state index in [4.69, 9.17) is 0 Å². The molecule has 0 spiro atoms. The maximum atomic E-state index is 2.47. The van der Waals surface area contributed by atoms with E-state index in [0.29, 0.717) is 5.92 Å². The third-order valence-corrected chi connectivity index (χ3v) is 6.21. The van der Waals surface area contributed by atoms with E-state index in [-0.39, 0.29) is 0 Å². The van der Waals surface area contributed by atoms with Crippen molar-refractivity contribution in [2.24, 2.45) is 5.92 Å². The largest absolute Gasteiger partial charge is 0.0648 e. The Morgan fingerprint density at radius 1 is 0.815 bits per heavy atom. The van der Waals surface area contributed by atoms with Crippen LogP contribution < -0.4 is 0 Å². The van der Waals surface area contributed by atoms with Crippen LogP contribution in [0.5, 0.6) is 0 Å². The minimum atomic E-state index is 0.648. The Bertz CT molecular complexity index is 1140. The van der Waals surface area contributed by atoms with Gasteiger partial charge in [-0.1, -0.05) is 92.2 Å². The van der Waals surface area contributed by atoms with Crippen molar-refractivity contribution in [3.8, 4) is 11.1 Å². The lowest BCUT2D eigenvalue weighted by Crippen LogP contribution is -1.96. The molecule has 1 atom stereocenters. The third kappa shape index (κ3) is 2.59. The Labute approximate surface area is 161 Å². The van der Waals surface area contributed by atoms with Gasteiger partial charge in [0.25, 0.3) is 0 Å². The van der Waals surface area contributed by atoms with Crippen LogP contribution in [0.25, 0.3) is 38.7 Å². The van der Waals surface area contributed by atoms with E-state index in [1.54, 1.807) is 5.57 Å². The molecule has 0 aromatic heterocycles. The van der Waals surface area contributed by atoms with Crippen molar-refractivity contribution in [2.45, 2.75) is 26.7 Å². The highest BCUT2D eigenvalue weighted by atomic mass is 14.2. The van der Waals surface area contributed by atoms with Gasteiger partial charge in [-0.05, 0) is 68.6 Å². The Balaban J connectivity index is 1.86. The molecule has 27 heavy (non-hydrogen) atoms. The molecule has 1 unspecified atom stereocenters. The van der Waals surface area contributed by atoms with E-state index in [9.17, 15) is 0 Å². The van der Waals surface area contributed by atoms with Gasteiger partial charge >= 0.3 is 0 Å². The van der Waals surface area contributed by atoms with Crippen LogP contribution >= 0.6 is 0 Å². The molecule has 0 amide bonds. The minimum Gasteiger partial charge on any atom is -0.0648 e. The zero-order valence-electron chi connectivity index (χ0n) is 16.0. The average molecular weight is 348 g/mol. The number of allylic oxidation sites excluding steroid dienone is 1. The molecule has 0 fully saturated rings. The molecular formula is C27H24. The van der Waals surface area contributed by atoms with E-state index < -0.39 is 0 Å². The predicted molar refractivity (Wildman–Crippen MR) is 118 cm³/mol. The lowest BCUT2D eigenvalue weighted by Gasteiger charge is -2.15. The molecule has 1 aliphatic rings. The standard InChI is InChI=1S/C27H24/c1-3-18(2)22-16-21-11-8-14-25(26(21)17-22)27-23-12-6-4-9-19(23)15-20-10-5-7-13-24(20)27/h4-15,17-18H,3,16H2,1-2H3. The molecule has 0 nitrogen and oxygen atoms in total. The van der Waals surface area contributed by atoms with Crippen LogP contribution in [0.4, 0.5) is 0 Å². The summed E-state index contributed by atoms with van der Waals surface area (Å²) < 4.78 is 0. The highest BCUT2D eigenvalue weighted by molar-refractivity contribution is 6.13. The van der Waals surface area contributed by atoms with Crippen LogP contribution in [0.1, 0.15) is 31.4 Å². The third-order valence-electron chi connectivity index (χ3n) is 6.21. The Morgan fingerprint density at radius 3 is 2.15 bits per heavy atom. The lowest BCUT2D eigenvalue weighted by atomic mass is 9.89. The molecule has 0 saturated heterocycles. The van der Waals surface area contributed by atoms with Gasteiger partial charge in [0.05, 0.1) is 0 Å². The Morgan fingerprint density at radius 2 is 1.48 bits per heavy atom. The molecule has 4 aromatic carbocycles. The SMILES string of the molecule is CCC(C)C1=Cc2c(cccc2-c2c3ccccc3cc3ccccc23)C1. The van der Waals surface area contributed by atoms with Crippen LogP contribution in [0.15, 0.2) is 78.4 Å². The first-order chi connectivity index (χ1) is 13.3. The van der Waals surface area contributed by atoms with Crippen LogP contribution in [-0.4, -0.2) is 0 Å². The molecule has 4 aromatic rings. The van der Waals surface area contributed by atoms with Crippen molar-refractivity contribution < 1.29 is 0 Å². The fourth-order valence-corrected chi connectivity index (χ4v) is 4.49. The van der Waals surface area contributed by atoms with Gasteiger partial charge in [0.2, 0.25) is 0 Å². The molecule has 0 heterocycles. The maximum Gasteiger partial charge on any atom is -0.00207 e. The summed E-state index contributed by atoms with van der Waals surface area (Å²) in [6, 6.07) is 26.7. The summed E-state index contributed by atoms with van der Waals surface area (Å²) in [5.41, 5.74) is 7.22.